The number of carbonyl (C=O) groups excluding carboxylic acids is 2. The first-order valence-electron chi connectivity index (χ1n) is 8.62. The Hall–Kier alpha value is -0.480. The normalized spacial score (nSPS) is 35.7. The van der Waals surface area contributed by atoms with E-state index in [1.807, 2.05) is 0 Å². The van der Waals surface area contributed by atoms with E-state index in [-0.39, 0.29) is 49.1 Å². The van der Waals surface area contributed by atoms with E-state index in [9.17, 15) is 9.59 Å². The third-order valence-corrected chi connectivity index (χ3v) is 8.41. The lowest BCUT2D eigenvalue weighted by atomic mass is 9.54. The molecule has 2 amide bonds. The zero-order valence-corrected chi connectivity index (χ0v) is 16.2. The lowest BCUT2D eigenvalue weighted by Gasteiger charge is -2.56. The lowest BCUT2D eigenvalue weighted by molar-refractivity contribution is -0.0466. The van der Waals surface area contributed by atoms with Gasteiger partial charge in [0.25, 0.3) is 11.8 Å². The standard InChI is InChI=1S/C18H15Cl4NO2/c19-12-10-11(13(20)15(22)14(12)21)18(25)23(17(10)24)16-8-2-6-1-7(4-8)5-9(16)3-6/h6-9,16H,1-5H2. The average Bonchev–Trinajstić information content (AvgIpc) is 2.82. The second-order valence-electron chi connectivity index (χ2n) is 7.91. The van der Waals surface area contributed by atoms with E-state index in [1.54, 1.807) is 0 Å². The van der Waals surface area contributed by atoms with Crippen LogP contribution in [0.25, 0.3) is 0 Å². The third-order valence-electron chi connectivity index (χ3n) is 6.61. The second kappa shape index (κ2) is 5.51. The van der Waals surface area contributed by atoms with Crippen molar-refractivity contribution in [1.82, 2.24) is 4.90 Å². The van der Waals surface area contributed by atoms with Gasteiger partial charge in [0.2, 0.25) is 0 Å². The molecule has 1 aromatic rings. The van der Waals surface area contributed by atoms with Gasteiger partial charge in [-0.1, -0.05) is 46.4 Å². The van der Waals surface area contributed by atoms with Crippen LogP contribution in [0.1, 0.15) is 52.8 Å². The molecule has 0 saturated heterocycles. The van der Waals surface area contributed by atoms with Crippen LogP contribution in [0.5, 0.6) is 0 Å². The Morgan fingerprint density at radius 3 is 1.44 bits per heavy atom. The van der Waals surface area contributed by atoms with Crippen molar-refractivity contribution < 1.29 is 9.59 Å². The molecular weight excluding hydrogens is 404 g/mol. The van der Waals surface area contributed by atoms with E-state index in [1.165, 1.54) is 11.3 Å². The van der Waals surface area contributed by atoms with Crippen molar-refractivity contribution in [2.24, 2.45) is 23.7 Å². The van der Waals surface area contributed by atoms with Gasteiger partial charge in [-0.05, 0) is 55.8 Å². The topological polar surface area (TPSA) is 37.4 Å². The summed E-state index contributed by atoms with van der Waals surface area (Å²) in [4.78, 5) is 27.7. The fourth-order valence-electron chi connectivity index (χ4n) is 5.96. The molecule has 4 fully saturated rings. The number of hydrogen-bond donors (Lipinski definition) is 0. The van der Waals surface area contributed by atoms with Crippen LogP contribution in [0.4, 0.5) is 0 Å². The van der Waals surface area contributed by atoms with Crippen molar-refractivity contribution in [2.45, 2.75) is 38.1 Å². The van der Waals surface area contributed by atoms with Gasteiger partial charge in [-0.15, -0.1) is 0 Å². The molecule has 0 spiro atoms. The van der Waals surface area contributed by atoms with E-state index in [2.05, 4.69) is 0 Å². The maximum atomic E-state index is 13.1. The Bertz CT molecular complexity index is 762. The number of imide groups is 1. The van der Waals surface area contributed by atoms with Gasteiger partial charge < -0.3 is 0 Å². The third kappa shape index (κ3) is 2.13. The number of amides is 2. The molecule has 0 atom stereocenters. The van der Waals surface area contributed by atoms with E-state index >= 15 is 0 Å². The Morgan fingerprint density at radius 2 is 1.04 bits per heavy atom. The zero-order chi connectivity index (χ0) is 17.6. The molecule has 4 saturated carbocycles. The molecule has 25 heavy (non-hydrogen) atoms. The highest BCUT2D eigenvalue weighted by atomic mass is 35.5. The van der Waals surface area contributed by atoms with Crippen molar-refractivity contribution in [3.05, 3.63) is 31.2 Å². The summed E-state index contributed by atoms with van der Waals surface area (Å²) < 4.78 is 0. The summed E-state index contributed by atoms with van der Waals surface area (Å²) in [5.74, 6) is 1.55. The minimum atomic E-state index is -0.372. The van der Waals surface area contributed by atoms with Crippen LogP contribution >= 0.6 is 46.4 Å². The molecule has 0 N–H and O–H groups in total. The summed E-state index contributed by atoms with van der Waals surface area (Å²) in [7, 11) is 0. The van der Waals surface area contributed by atoms with Crippen molar-refractivity contribution in [3.63, 3.8) is 0 Å². The molecule has 5 aliphatic rings. The van der Waals surface area contributed by atoms with E-state index in [0.717, 1.165) is 37.5 Å². The maximum absolute atomic E-state index is 13.1. The van der Waals surface area contributed by atoms with Crippen molar-refractivity contribution in [3.8, 4) is 0 Å². The number of benzene rings is 1. The van der Waals surface area contributed by atoms with Crippen molar-refractivity contribution >= 4 is 58.2 Å². The predicted octanol–water partition coefficient (Wildman–Crippen LogP) is 5.72. The molecule has 1 aliphatic heterocycles. The molecule has 0 radical (unpaired) electrons. The van der Waals surface area contributed by atoms with Crippen molar-refractivity contribution in [2.75, 3.05) is 0 Å². The van der Waals surface area contributed by atoms with Crippen LogP contribution < -0.4 is 0 Å². The van der Waals surface area contributed by atoms with E-state index in [0.29, 0.717) is 11.8 Å². The lowest BCUT2D eigenvalue weighted by Crippen LogP contribution is -2.57. The molecule has 6 rings (SSSR count). The first-order valence-corrected chi connectivity index (χ1v) is 10.1. The zero-order valence-electron chi connectivity index (χ0n) is 13.2. The molecule has 0 unspecified atom stereocenters. The molecule has 132 valence electrons. The summed E-state index contributed by atoms with van der Waals surface area (Å²) in [6, 6.07) is -0.0510. The molecule has 1 aromatic carbocycles. The van der Waals surface area contributed by atoms with Gasteiger partial charge in [0.1, 0.15) is 0 Å². The summed E-state index contributed by atoms with van der Waals surface area (Å²) >= 11 is 24.7. The maximum Gasteiger partial charge on any atom is 0.263 e. The van der Waals surface area contributed by atoms with Crippen LogP contribution in [0, 0.1) is 23.7 Å². The molecular formula is C18H15Cl4NO2. The summed E-state index contributed by atoms with van der Waals surface area (Å²) in [6.45, 7) is 0. The Balaban J connectivity index is 1.61. The van der Waals surface area contributed by atoms with Crippen molar-refractivity contribution in [1.29, 1.82) is 0 Å². The van der Waals surface area contributed by atoms with E-state index < -0.39 is 0 Å². The Morgan fingerprint density at radius 1 is 0.640 bits per heavy atom. The van der Waals surface area contributed by atoms with Gasteiger partial charge >= 0.3 is 0 Å². The molecule has 7 heteroatoms. The van der Waals surface area contributed by atoms with Gasteiger partial charge in [0.15, 0.2) is 0 Å². The quantitative estimate of drug-likeness (QED) is 0.332. The number of rotatable bonds is 1. The summed E-state index contributed by atoms with van der Waals surface area (Å²) in [5.41, 5.74) is 0.222. The molecule has 4 bridgehead atoms. The summed E-state index contributed by atoms with van der Waals surface area (Å²) in [6.07, 6.45) is 5.73. The van der Waals surface area contributed by atoms with Crippen LogP contribution in [0.3, 0.4) is 0 Å². The van der Waals surface area contributed by atoms with Gasteiger partial charge in [0.05, 0.1) is 31.2 Å². The van der Waals surface area contributed by atoms with Crippen LogP contribution in [0.2, 0.25) is 20.1 Å². The monoisotopic (exact) mass is 417 g/mol. The molecule has 4 aliphatic carbocycles. The smallest absolute Gasteiger partial charge is 0.263 e. The fourth-order valence-corrected chi connectivity index (χ4v) is 6.97. The number of hydrogen-bond acceptors (Lipinski definition) is 2. The van der Waals surface area contributed by atoms with E-state index in [4.69, 9.17) is 46.4 Å². The van der Waals surface area contributed by atoms with Crippen LogP contribution in [0.15, 0.2) is 0 Å². The van der Waals surface area contributed by atoms with Crippen LogP contribution in [-0.4, -0.2) is 22.8 Å². The van der Waals surface area contributed by atoms with Gasteiger partial charge in [0, 0.05) is 6.04 Å². The first kappa shape index (κ1) is 16.7. The molecule has 3 nitrogen and oxygen atoms in total. The Kier molecular flexibility index (Phi) is 3.68. The molecule has 0 aromatic heterocycles. The number of nitrogens with zero attached hydrogens (tertiary/aromatic N) is 1. The largest absolute Gasteiger partial charge is 0.271 e. The van der Waals surface area contributed by atoms with Gasteiger partial charge in [-0.3, -0.25) is 14.5 Å². The summed E-state index contributed by atoms with van der Waals surface area (Å²) in [5, 5.41) is 0.104. The number of fused-ring (bicyclic) bond motifs is 1. The Labute approximate surface area is 165 Å². The van der Waals surface area contributed by atoms with Gasteiger partial charge in [-0.25, -0.2) is 0 Å². The minimum absolute atomic E-state index is 0.0238. The van der Waals surface area contributed by atoms with Gasteiger partial charge in [-0.2, -0.15) is 0 Å². The SMILES string of the molecule is O=C1c2c(Cl)c(Cl)c(Cl)c(Cl)c2C(=O)N1C1C2CC3CC(C2)CC1C3. The number of carbonyl (C=O) groups is 2. The highest BCUT2D eigenvalue weighted by Crippen LogP contribution is 2.56. The van der Waals surface area contributed by atoms with Crippen LogP contribution in [-0.2, 0) is 0 Å². The molecule has 1 heterocycles. The number of halogens is 4. The highest BCUT2D eigenvalue weighted by Gasteiger charge is 2.55. The minimum Gasteiger partial charge on any atom is -0.271 e. The average molecular weight is 419 g/mol. The predicted molar refractivity (Wildman–Crippen MR) is 97.8 cm³/mol. The fraction of sp³-hybridized carbons (Fsp3) is 0.556. The highest BCUT2D eigenvalue weighted by molar-refractivity contribution is 6.55. The second-order valence-corrected chi connectivity index (χ2v) is 9.42. The first-order chi connectivity index (χ1) is 11.9.